The molecule has 64 heavy (non-hydrogen) atoms. The van der Waals surface area contributed by atoms with E-state index < -0.39 is 46.5 Å². The molecule has 3 aromatic carbocycles. The molecule has 0 aliphatic rings. The van der Waals surface area contributed by atoms with Crippen LogP contribution >= 0.6 is 0 Å². The topological polar surface area (TPSA) is 253 Å². The molecule has 19 heteroatoms. The zero-order valence-electron chi connectivity index (χ0n) is 37.5. The summed E-state index contributed by atoms with van der Waals surface area (Å²) in [6, 6.07) is 14.9. The van der Waals surface area contributed by atoms with Gasteiger partial charge in [-0.05, 0) is 79.4 Å². The molecule has 0 saturated heterocycles. The molecule has 3 rings (SSSR count). The number of anilines is 4. The Hall–Kier alpha value is -5.91. The zero-order valence-corrected chi connectivity index (χ0v) is 41.5. The Morgan fingerprint density at radius 2 is 1.19 bits per heavy atom. The summed E-state index contributed by atoms with van der Waals surface area (Å²) in [7, 11) is -4.14. The van der Waals surface area contributed by atoms with Crippen LogP contribution in [-0.2, 0) is 24.4 Å². The van der Waals surface area contributed by atoms with E-state index in [2.05, 4.69) is 62.7 Å². The molecule has 9 N–H and O–H groups in total. The molecule has 0 aliphatic heterocycles. The van der Waals surface area contributed by atoms with E-state index in [-0.39, 0.29) is 61.8 Å². The second kappa shape index (κ2) is 30.2. The average Bonchev–Trinajstić information content (AvgIpc) is 3.25. The number of carboxylic acids is 1. The maximum atomic E-state index is 13.2. The fourth-order valence-corrected chi connectivity index (χ4v) is 6.79. The summed E-state index contributed by atoms with van der Waals surface area (Å²) in [5, 5.41) is 28.0. The molecule has 0 fully saturated rings. The van der Waals surface area contributed by atoms with Crippen LogP contribution in [0, 0.1) is 26.1 Å². The predicted octanol–water partition coefficient (Wildman–Crippen LogP) is 8.13. The van der Waals surface area contributed by atoms with Crippen LogP contribution in [0.25, 0.3) is 0 Å². The molecular formula is C45H64AmN8O9S-2. The standard InChI is InChI=1S/C39H51N8O9S.C6H13.Am/c1-4-20-41-37(52)45-30-11-8-13-32(24-30)57(55,56)47-31-12-7-10-27(23-31)33(25-36(50)51)46-39(54)44-29-18-16-28(17-19-29)43-38(53)42-22-21-40-35(49)15-9-14-34(48)26(5-2)6-3;1-4-6(3)5-2;/h7-8,10-13,16-19,23-24,33,47H,4-6,9,14-15,20-22,25H2,1-3H3,(H,40,49)(H,50,51)(H2,41,45,52)(H2,42,43,53)(H2,44,46,54);4-5H2,1-3H3;/q2*-1;/t33-;;/m1../s1. The molecule has 0 unspecified atom stereocenters. The number of hydrogen-bond acceptors (Lipinski definition) is 8. The van der Waals surface area contributed by atoms with Crippen molar-refractivity contribution in [2.24, 2.45) is 0 Å². The Bertz CT molecular complexity index is 2050. The van der Waals surface area contributed by atoms with Gasteiger partial charge in [-0.2, -0.15) is 32.6 Å². The van der Waals surface area contributed by atoms with Gasteiger partial charge in [-0.25, -0.2) is 22.8 Å². The van der Waals surface area contributed by atoms with Gasteiger partial charge in [0.15, 0.2) is 0 Å². The van der Waals surface area contributed by atoms with Crippen molar-refractivity contribution in [3.63, 3.8) is 0 Å². The van der Waals surface area contributed by atoms with Crippen LogP contribution in [0.2, 0.25) is 0 Å². The van der Waals surface area contributed by atoms with Gasteiger partial charge in [0.2, 0.25) is 5.91 Å². The van der Waals surface area contributed by atoms with Gasteiger partial charge in [0.1, 0.15) is 0 Å². The first-order valence-electron chi connectivity index (χ1n) is 21.2. The van der Waals surface area contributed by atoms with Crippen LogP contribution in [-0.4, -0.2) is 68.9 Å². The third-order valence-electron chi connectivity index (χ3n) is 9.56. The van der Waals surface area contributed by atoms with Crippen molar-refractivity contribution in [1.29, 1.82) is 0 Å². The van der Waals surface area contributed by atoms with E-state index in [4.69, 9.17) is 0 Å². The van der Waals surface area contributed by atoms with E-state index in [9.17, 15) is 42.3 Å². The largest absolute Gasteiger partial charge is 0.481 e. The van der Waals surface area contributed by atoms with Crippen molar-refractivity contribution in [2.45, 2.75) is 110 Å². The second-order valence-corrected chi connectivity index (χ2v) is 16.1. The maximum absolute atomic E-state index is 13.2. The number of rotatable bonds is 24. The number of urea groups is 3. The summed E-state index contributed by atoms with van der Waals surface area (Å²) >= 11 is 0. The number of benzene rings is 3. The molecule has 7 amide bonds. The first-order valence-corrected chi connectivity index (χ1v) is 22.7. The number of carbonyl (C=O) groups excluding carboxylic acids is 5. The molecule has 1 radical (unpaired) electrons. The van der Waals surface area contributed by atoms with Crippen molar-refractivity contribution in [3.05, 3.63) is 90.2 Å². The molecule has 3 aromatic rings. The normalized spacial score (nSPS) is 11.0. The second-order valence-electron chi connectivity index (χ2n) is 14.4. The molecule has 0 bridgehead atoms. The minimum atomic E-state index is -4.14. The number of hydrogen-bond donors (Lipinski definition) is 9. The van der Waals surface area contributed by atoms with E-state index >= 15 is 0 Å². The van der Waals surface area contributed by atoms with E-state index in [0.29, 0.717) is 49.2 Å². The van der Waals surface area contributed by atoms with Crippen molar-refractivity contribution in [3.8, 4) is 0 Å². The number of Topliss-reactive ketones (excluding diaryl/α,β-unsaturated/α-hetero) is 1. The van der Waals surface area contributed by atoms with Gasteiger partial charge in [-0.15, -0.1) is 0 Å². The number of carbonyl (C=O) groups is 6. The zero-order chi connectivity index (χ0) is 46.8. The van der Waals surface area contributed by atoms with Gasteiger partial charge in [-0.3, -0.25) is 14.3 Å². The molecular weight excluding hydrogens is 1070 g/mol. The molecule has 17 nitrogen and oxygen atoms in total. The van der Waals surface area contributed by atoms with E-state index in [1.165, 1.54) is 73.5 Å². The molecule has 353 valence electrons. The van der Waals surface area contributed by atoms with E-state index in [1.54, 1.807) is 18.1 Å². The quantitative estimate of drug-likeness (QED) is 0.0310. The number of nitrogens with one attached hydrogen (secondary N) is 8. The Balaban J connectivity index is 0.00000272. The smallest absolute Gasteiger partial charge is 0.319 e. The Morgan fingerprint density at radius 1 is 0.641 bits per heavy atom. The van der Waals surface area contributed by atoms with Gasteiger partial charge in [0.25, 0.3) is 10.0 Å². The van der Waals surface area contributed by atoms with Crippen LogP contribution in [0.5, 0.6) is 0 Å². The van der Waals surface area contributed by atoms with Gasteiger partial charge in [0.05, 0.1) is 17.4 Å². The van der Waals surface area contributed by atoms with Crippen molar-refractivity contribution in [2.75, 3.05) is 40.3 Å². The first-order chi connectivity index (χ1) is 30.0. The van der Waals surface area contributed by atoms with E-state index in [0.717, 1.165) is 12.3 Å². The minimum Gasteiger partial charge on any atom is -0.481 e. The third-order valence-corrected chi connectivity index (χ3v) is 10.9. The number of aliphatic carboxylic acids is 1. The maximum Gasteiger partial charge on any atom is 0.319 e. The molecule has 0 heterocycles. The van der Waals surface area contributed by atoms with Crippen LogP contribution < -0.4 is 41.9 Å². The fraction of sp³-hybridized carbons (Fsp3) is 0.422. The van der Waals surface area contributed by atoms with Gasteiger partial charge in [-0.1, -0.05) is 52.8 Å². The van der Waals surface area contributed by atoms with Crippen LogP contribution in [0.3, 0.4) is 0 Å². The van der Waals surface area contributed by atoms with Crippen molar-refractivity contribution < 1.29 is 56.6 Å². The van der Waals surface area contributed by atoms with Crippen LogP contribution in [0.1, 0.15) is 111 Å². The minimum absolute atomic E-state index is 0. The van der Waals surface area contributed by atoms with Crippen molar-refractivity contribution >= 4 is 68.5 Å². The predicted molar refractivity (Wildman–Crippen MR) is 247 cm³/mol. The number of carboxylic acid groups (broad SMARTS) is 1. The Labute approximate surface area is 385 Å². The number of amides is 7. The average molecular weight is 1140 g/mol. The van der Waals surface area contributed by atoms with Crippen LogP contribution in [0.4, 0.5) is 37.1 Å². The van der Waals surface area contributed by atoms with Gasteiger partial charge < -0.3 is 59.0 Å². The van der Waals surface area contributed by atoms with Crippen molar-refractivity contribution in [1.82, 2.24) is 21.3 Å². The first kappa shape index (κ1) is 56.1. The molecule has 0 aliphatic carbocycles. The molecule has 0 aromatic heterocycles. The monoisotopic (exact) mass is 1130 g/mol. The summed E-state index contributed by atoms with van der Waals surface area (Å²) < 4.78 is 28.9. The number of ketones is 1. The molecule has 0 spiro atoms. The third kappa shape index (κ3) is 21.9. The fourth-order valence-electron chi connectivity index (χ4n) is 5.70. The molecule has 1 atom stereocenters. The summed E-state index contributed by atoms with van der Waals surface area (Å²) in [6.45, 7) is 13.2. The van der Waals surface area contributed by atoms with E-state index in [1.807, 2.05) is 20.8 Å². The van der Waals surface area contributed by atoms with Crippen LogP contribution in [0.15, 0.2) is 77.7 Å². The SMILES string of the molecule is CCCNC(=O)Nc1cccc(S(=O)(=O)Nc2cccc([C@@H](CC(=O)O)NC(=O)Nc3ccc(NC(=O)NCCNC(=O)CCCC(=O)[C-](CC)CC)cc3)c2)c1.CC[C-](C)CC.[Am]. The summed E-state index contributed by atoms with van der Waals surface area (Å²) in [5.41, 5.74) is 1.42. The summed E-state index contributed by atoms with van der Waals surface area (Å²) in [5.74, 6) is 1.14. The Morgan fingerprint density at radius 3 is 1.75 bits per heavy atom. The number of sulfonamides is 1. The Kier molecular flexibility index (Phi) is 26.5. The van der Waals surface area contributed by atoms with Gasteiger partial charge in [0, 0.05) is 68.9 Å². The summed E-state index contributed by atoms with van der Waals surface area (Å²) in [4.78, 5) is 73.1. The summed E-state index contributed by atoms with van der Waals surface area (Å²) in [6.07, 6.45) is 5.13. The van der Waals surface area contributed by atoms with Gasteiger partial charge >= 0.3 is 24.1 Å². The molecule has 0 saturated carbocycles.